The third-order valence-corrected chi connectivity index (χ3v) is 2.46. The van der Waals surface area contributed by atoms with Crippen molar-refractivity contribution in [2.75, 3.05) is 0 Å². The van der Waals surface area contributed by atoms with Crippen LogP contribution in [0.4, 0.5) is 0 Å². The number of nitrogens with zero attached hydrogens (tertiary/aromatic N) is 2. The zero-order valence-corrected chi connectivity index (χ0v) is 9.25. The Labute approximate surface area is 96.6 Å². The summed E-state index contributed by atoms with van der Waals surface area (Å²) in [4.78, 5) is 11.1. The zero-order valence-electron chi connectivity index (χ0n) is 8.49. The fourth-order valence-electron chi connectivity index (χ4n) is 1.48. The van der Waals surface area contributed by atoms with Crippen molar-refractivity contribution in [3.8, 4) is 11.3 Å². The minimum Gasteiger partial charge on any atom is -0.364 e. The van der Waals surface area contributed by atoms with Crippen molar-refractivity contribution in [2.45, 2.75) is 6.92 Å². The number of rotatable bonds is 2. The predicted octanol–water partition coefficient (Wildman–Crippen LogP) is 1.53. The van der Waals surface area contributed by atoms with Gasteiger partial charge in [0, 0.05) is 10.6 Å². The number of aromatic amines is 1. The molecule has 0 saturated carbocycles. The van der Waals surface area contributed by atoms with E-state index in [0.717, 1.165) is 11.1 Å². The molecule has 1 heterocycles. The quantitative estimate of drug-likeness (QED) is 0.829. The Balaban J connectivity index is 2.59. The lowest BCUT2D eigenvalue weighted by molar-refractivity contribution is 0.0996. The molecule has 1 aromatic carbocycles. The van der Waals surface area contributed by atoms with E-state index in [4.69, 9.17) is 17.3 Å². The molecular weight excluding hydrogens is 228 g/mol. The normalized spacial score (nSPS) is 10.4. The second-order valence-electron chi connectivity index (χ2n) is 3.34. The van der Waals surface area contributed by atoms with Crippen molar-refractivity contribution in [3.05, 3.63) is 34.5 Å². The molecule has 1 amide bonds. The Morgan fingerprint density at radius 2 is 2.19 bits per heavy atom. The molecule has 0 aliphatic heterocycles. The molecule has 0 unspecified atom stereocenters. The van der Waals surface area contributed by atoms with E-state index in [-0.39, 0.29) is 5.69 Å². The summed E-state index contributed by atoms with van der Waals surface area (Å²) in [7, 11) is 0. The number of halogens is 1. The van der Waals surface area contributed by atoms with E-state index in [2.05, 4.69) is 15.4 Å². The van der Waals surface area contributed by atoms with Crippen LogP contribution in [0.1, 0.15) is 16.1 Å². The minimum absolute atomic E-state index is 0.130. The van der Waals surface area contributed by atoms with E-state index in [1.807, 2.05) is 6.92 Å². The molecule has 0 bridgehead atoms. The Bertz CT molecular complexity index is 550. The average Bonchev–Trinajstić information content (AvgIpc) is 2.66. The van der Waals surface area contributed by atoms with Gasteiger partial charge in [0.15, 0.2) is 5.69 Å². The molecule has 3 N–H and O–H groups in total. The highest BCUT2D eigenvalue weighted by Crippen LogP contribution is 2.25. The van der Waals surface area contributed by atoms with Crippen LogP contribution in [-0.4, -0.2) is 21.3 Å². The lowest BCUT2D eigenvalue weighted by Gasteiger charge is -2.03. The summed E-state index contributed by atoms with van der Waals surface area (Å²) in [6, 6.07) is 5.29. The first-order valence-corrected chi connectivity index (χ1v) is 4.94. The number of carbonyl (C=O) groups is 1. The number of carbonyl (C=O) groups excluding carboxylic acids is 1. The number of hydrogen-bond donors (Lipinski definition) is 2. The highest BCUT2D eigenvalue weighted by molar-refractivity contribution is 6.30. The van der Waals surface area contributed by atoms with Gasteiger partial charge < -0.3 is 5.73 Å². The number of hydrogen-bond acceptors (Lipinski definition) is 3. The van der Waals surface area contributed by atoms with Gasteiger partial charge in [-0.1, -0.05) is 17.7 Å². The highest BCUT2D eigenvalue weighted by Gasteiger charge is 2.16. The molecule has 0 aliphatic rings. The van der Waals surface area contributed by atoms with Crippen LogP contribution in [0.2, 0.25) is 5.02 Å². The van der Waals surface area contributed by atoms with Crippen molar-refractivity contribution in [2.24, 2.45) is 5.73 Å². The van der Waals surface area contributed by atoms with Crippen LogP contribution in [0.3, 0.4) is 0 Å². The number of primary amides is 1. The molecule has 0 radical (unpaired) electrons. The summed E-state index contributed by atoms with van der Waals surface area (Å²) in [6.45, 7) is 1.88. The maximum atomic E-state index is 11.1. The van der Waals surface area contributed by atoms with Crippen LogP contribution in [0.15, 0.2) is 18.2 Å². The summed E-state index contributed by atoms with van der Waals surface area (Å²) in [5, 5.41) is 10.6. The van der Waals surface area contributed by atoms with Gasteiger partial charge in [-0.05, 0) is 24.6 Å². The molecule has 5 nitrogen and oxygen atoms in total. The summed E-state index contributed by atoms with van der Waals surface area (Å²) in [5.41, 5.74) is 7.46. The smallest absolute Gasteiger partial charge is 0.271 e. The number of aryl methyl sites for hydroxylation is 1. The molecule has 2 aromatic rings. The van der Waals surface area contributed by atoms with Crippen LogP contribution >= 0.6 is 11.6 Å². The van der Waals surface area contributed by atoms with Gasteiger partial charge in [-0.15, -0.1) is 0 Å². The molecule has 82 valence electrons. The predicted molar refractivity (Wildman–Crippen MR) is 60.1 cm³/mol. The number of nitrogens with two attached hydrogens (primary N) is 1. The number of H-pyrrole nitrogens is 1. The third-order valence-electron chi connectivity index (χ3n) is 2.22. The Morgan fingerprint density at radius 1 is 1.44 bits per heavy atom. The molecule has 0 spiro atoms. The largest absolute Gasteiger partial charge is 0.364 e. The average molecular weight is 237 g/mol. The fourth-order valence-corrected chi connectivity index (χ4v) is 1.71. The van der Waals surface area contributed by atoms with Gasteiger partial charge in [-0.2, -0.15) is 15.4 Å². The van der Waals surface area contributed by atoms with Gasteiger partial charge in [0.2, 0.25) is 0 Å². The number of benzene rings is 1. The third kappa shape index (κ3) is 1.77. The van der Waals surface area contributed by atoms with Crippen LogP contribution in [0.5, 0.6) is 0 Å². The molecule has 0 saturated heterocycles. The van der Waals surface area contributed by atoms with Crippen LogP contribution in [-0.2, 0) is 0 Å². The molecule has 1 aromatic heterocycles. The second-order valence-corrected chi connectivity index (χ2v) is 3.78. The van der Waals surface area contributed by atoms with Crippen molar-refractivity contribution in [1.29, 1.82) is 0 Å². The van der Waals surface area contributed by atoms with Gasteiger partial charge in [0.05, 0.1) is 0 Å². The van der Waals surface area contributed by atoms with Crippen LogP contribution < -0.4 is 5.73 Å². The fraction of sp³-hybridized carbons (Fsp3) is 0.100. The summed E-state index contributed by atoms with van der Waals surface area (Å²) >= 11 is 5.85. The molecule has 16 heavy (non-hydrogen) atoms. The van der Waals surface area contributed by atoms with Crippen molar-refractivity contribution in [3.63, 3.8) is 0 Å². The Kier molecular flexibility index (Phi) is 2.62. The van der Waals surface area contributed by atoms with Crippen molar-refractivity contribution >= 4 is 17.5 Å². The van der Waals surface area contributed by atoms with E-state index in [0.29, 0.717) is 10.7 Å². The number of aromatic nitrogens is 3. The van der Waals surface area contributed by atoms with Gasteiger partial charge in [-0.3, -0.25) is 4.79 Å². The molecule has 0 atom stereocenters. The molecule has 6 heteroatoms. The van der Waals surface area contributed by atoms with E-state index >= 15 is 0 Å². The summed E-state index contributed by atoms with van der Waals surface area (Å²) in [6.07, 6.45) is 0. The lowest BCUT2D eigenvalue weighted by atomic mass is 10.0. The minimum atomic E-state index is -0.613. The summed E-state index contributed by atoms with van der Waals surface area (Å²) < 4.78 is 0. The molecular formula is C10H9ClN4O. The monoisotopic (exact) mass is 236 g/mol. The van der Waals surface area contributed by atoms with E-state index in [1.165, 1.54) is 0 Å². The Hall–Kier alpha value is -1.88. The topological polar surface area (TPSA) is 84.7 Å². The van der Waals surface area contributed by atoms with E-state index < -0.39 is 5.91 Å². The Morgan fingerprint density at radius 3 is 2.81 bits per heavy atom. The molecule has 0 aliphatic carbocycles. The van der Waals surface area contributed by atoms with Gasteiger partial charge in [0.1, 0.15) is 5.69 Å². The molecule has 0 fully saturated rings. The van der Waals surface area contributed by atoms with Crippen molar-refractivity contribution < 1.29 is 4.79 Å². The first kappa shape index (κ1) is 10.6. The van der Waals surface area contributed by atoms with Crippen LogP contribution in [0, 0.1) is 6.92 Å². The molecule has 2 rings (SSSR count). The maximum absolute atomic E-state index is 11.1. The van der Waals surface area contributed by atoms with E-state index in [9.17, 15) is 4.79 Å². The van der Waals surface area contributed by atoms with Gasteiger partial charge in [-0.25, -0.2) is 0 Å². The number of nitrogens with one attached hydrogen (secondary N) is 1. The zero-order chi connectivity index (χ0) is 11.7. The van der Waals surface area contributed by atoms with Crippen molar-refractivity contribution in [1.82, 2.24) is 15.4 Å². The first-order valence-electron chi connectivity index (χ1n) is 4.56. The van der Waals surface area contributed by atoms with Gasteiger partial charge in [0.25, 0.3) is 5.91 Å². The SMILES string of the molecule is Cc1cc(Cl)ccc1-c1n[nH]nc1C(N)=O. The standard InChI is InChI=1S/C10H9ClN4O/c1-5-4-6(11)2-3-7(5)8-9(10(12)16)14-15-13-8/h2-4H,1H3,(H2,12,16)(H,13,14,15). The maximum Gasteiger partial charge on any atom is 0.271 e. The first-order chi connectivity index (χ1) is 7.59. The van der Waals surface area contributed by atoms with Crippen LogP contribution in [0.25, 0.3) is 11.3 Å². The lowest BCUT2D eigenvalue weighted by Crippen LogP contribution is -2.12. The summed E-state index contributed by atoms with van der Waals surface area (Å²) in [5.74, 6) is -0.613. The number of amides is 1. The van der Waals surface area contributed by atoms with Gasteiger partial charge >= 0.3 is 0 Å². The second kappa shape index (κ2) is 3.94. The van der Waals surface area contributed by atoms with E-state index in [1.54, 1.807) is 18.2 Å². The highest BCUT2D eigenvalue weighted by atomic mass is 35.5.